The molecule has 0 unspecified atom stereocenters. The smallest absolute Gasteiger partial charge is 0.317 e. The molecule has 0 saturated carbocycles. The number of anilines is 2. The van der Waals surface area contributed by atoms with Crippen molar-refractivity contribution in [2.45, 2.75) is 26.3 Å². The third-order valence-electron chi connectivity index (χ3n) is 6.01. The first-order chi connectivity index (χ1) is 14.4. The van der Waals surface area contributed by atoms with Crippen molar-refractivity contribution in [1.82, 2.24) is 10.2 Å². The topological polar surface area (TPSA) is 55.9 Å². The molecule has 3 amide bonds. The number of urea groups is 1. The molecule has 0 bridgehead atoms. The second kappa shape index (κ2) is 8.34. The summed E-state index contributed by atoms with van der Waals surface area (Å²) < 4.78 is 13.1. The van der Waals surface area contributed by atoms with Gasteiger partial charge >= 0.3 is 6.03 Å². The number of carbonyl (C=O) groups excluding carboxylic acids is 2. The van der Waals surface area contributed by atoms with E-state index in [2.05, 4.69) is 10.2 Å². The van der Waals surface area contributed by atoms with Crippen molar-refractivity contribution in [3.8, 4) is 0 Å². The minimum absolute atomic E-state index is 0.0321. The summed E-state index contributed by atoms with van der Waals surface area (Å²) in [5, 5.41) is 3.02. The van der Waals surface area contributed by atoms with Crippen LogP contribution < -0.4 is 15.1 Å². The van der Waals surface area contributed by atoms with E-state index in [0.717, 1.165) is 16.9 Å². The van der Waals surface area contributed by atoms with Crippen LogP contribution in [0.25, 0.3) is 0 Å². The van der Waals surface area contributed by atoms with Gasteiger partial charge in [-0.1, -0.05) is 6.07 Å². The number of benzene rings is 2. The number of nitrogens with zero attached hydrogens (tertiary/aromatic N) is 3. The Kier molecular flexibility index (Phi) is 5.61. The Balaban J connectivity index is 1.31. The number of hydrogen-bond acceptors (Lipinski definition) is 3. The zero-order valence-corrected chi connectivity index (χ0v) is 17.4. The van der Waals surface area contributed by atoms with E-state index in [4.69, 9.17) is 0 Å². The van der Waals surface area contributed by atoms with Gasteiger partial charge in [-0.3, -0.25) is 4.79 Å². The molecule has 0 aliphatic carbocycles. The number of halogens is 1. The molecular formula is C23H27FN4O2. The lowest BCUT2D eigenvalue weighted by atomic mass is 10.1. The van der Waals surface area contributed by atoms with Gasteiger partial charge in [0.05, 0.1) is 6.04 Å². The molecule has 158 valence electrons. The summed E-state index contributed by atoms with van der Waals surface area (Å²) in [6, 6.07) is 12.1. The molecule has 30 heavy (non-hydrogen) atoms. The highest BCUT2D eigenvalue weighted by Crippen LogP contribution is 2.24. The van der Waals surface area contributed by atoms with Gasteiger partial charge in [0.25, 0.3) is 0 Å². The molecule has 2 aliphatic rings. The number of rotatable bonds is 3. The van der Waals surface area contributed by atoms with Crippen molar-refractivity contribution in [2.75, 3.05) is 42.5 Å². The maximum Gasteiger partial charge on any atom is 0.317 e. The van der Waals surface area contributed by atoms with Gasteiger partial charge in [-0.25, -0.2) is 9.18 Å². The largest absolute Gasteiger partial charge is 0.368 e. The van der Waals surface area contributed by atoms with Crippen molar-refractivity contribution >= 4 is 23.3 Å². The van der Waals surface area contributed by atoms with Crippen LogP contribution in [0.4, 0.5) is 20.6 Å². The lowest BCUT2D eigenvalue weighted by Crippen LogP contribution is -2.53. The Bertz CT molecular complexity index is 939. The monoisotopic (exact) mass is 410 g/mol. The average molecular weight is 410 g/mol. The zero-order chi connectivity index (χ0) is 21.3. The molecule has 1 N–H and O–H groups in total. The molecular weight excluding hydrogens is 383 g/mol. The Morgan fingerprint density at radius 3 is 2.30 bits per heavy atom. The highest BCUT2D eigenvalue weighted by molar-refractivity contribution is 5.97. The van der Waals surface area contributed by atoms with Gasteiger partial charge in [-0.15, -0.1) is 0 Å². The summed E-state index contributed by atoms with van der Waals surface area (Å²) in [5.41, 5.74) is 4.18. The van der Waals surface area contributed by atoms with E-state index in [-0.39, 0.29) is 23.8 Å². The van der Waals surface area contributed by atoms with E-state index in [1.807, 2.05) is 32.0 Å². The summed E-state index contributed by atoms with van der Waals surface area (Å²) in [6.45, 7) is 7.13. The lowest BCUT2D eigenvalue weighted by molar-refractivity contribution is -0.117. The summed E-state index contributed by atoms with van der Waals surface area (Å²) in [4.78, 5) is 30.9. The number of piperazine rings is 1. The second-order valence-electron chi connectivity index (χ2n) is 8.07. The Labute approximate surface area is 176 Å². The van der Waals surface area contributed by atoms with Gasteiger partial charge in [0.1, 0.15) is 5.82 Å². The SMILES string of the molecule is Cc1ccc(N2C[C@@H](NC(=O)N3CCN(c4ccc(F)cc4)CC3)CC2=O)cc1C. The molecule has 0 radical (unpaired) electrons. The van der Waals surface area contributed by atoms with Crippen molar-refractivity contribution in [3.63, 3.8) is 0 Å². The van der Waals surface area contributed by atoms with Crippen LogP contribution >= 0.6 is 0 Å². The number of aryl methyl sites for hydroxylation is 2. The number of nitrogens with one attached hydrogen (secondary N) is 1. The second-order valence-corrected chi connectivity index (χ2v) is 8.07. The molecule has 6 nitrogen and oxygen atoms in total. The van der Waals surface area contributed by atoms with Crippen molar-refractivity contribution < 1.29 is 14.0 Å². The molecule has 2 aromatic rings. The summed E-state index contributed by atoms with van der Waals surface area (Å²) >= 11 is 0. The van der Waals surface area contributed by atoms with Crippen LogP contribution in [0.2, 0.25) is 0 Å². The standard InChI is InChI=1S/C23H27FN4O2/c1-16-3-6-21(13-17(16)2)28-15-19(14-22(28)29)25-23(30)27-11-9-26(10-12-27)20-7-4-18(24)5-8-20/h3-8,13,19H,9-12,14-15H2,1-2H3,(H,25,30)/t19-/m0/s1. The van der Waals surface area contributed by atoms with Crippen LogP contribution in [-0.4, -0.2) is 55.6 Å². The van der Waals surface area contributed by atoms with E-state index >= 15 is 0 Å². The zero-order valence-electron chi connectivity index (χ0n) is 17.4. The maximum absolute atomic E-state index is 13.1. The van der Waals surface area contributed by atoms with E-state index < -0.39 is 0 Å². The van der Waals surface area contributed by atoms with Gasteiger partial charge in [-0.05, 0) is 61.4 Å². The highest BCUT2D eigenvalue weighted by Gasteiger charge is 2.33. The first-order valence-electron chi connectivity index (χ1n) is 10.3. The first-order valence-corrected chi connectivity index (χ1v) is 10.3. The van der Waals surface area contributed by atoms with Gasteiger partial charge in [0, 0.05) is 50.5 Å². The van der Waals surface area contributed by atoms with Gasteiger partial charge in [0.2, 0.25) is 5.91 Å². The first kappa shape index (κ1) is 20.2. The number of hydrogen-bond donors (Lipinski definition) is 1. The molecule has 1 atom stereocenters. The van der Waals surface area contributed by atoms with Crippen molar-refractivity contribution in [1.29, 1.82) is 0 Å². The molecule has 2 saturated heterocycles. The van der Waals surface area contributed by atoms with Gasteiger partial charge < -0.3 is 20.0 Å². The van der Waals surface area contributed by atoms with Crippen LogP contribution in [0.3, 0.4) is 0 Å². The van der Waals surface area contributed by atoms with E-state index in [1.165, 1.54) is 17.7 Å². The fourth-order valence-electron chi connectivity index (χ4n) is 4.03. The maximum atomic E-state index is 13.1. The fourth-order valence-corrected chi connectivity index (χ4v) is 4.03. The fraction of sp³-hybridized carbons (Fsp3) is 0.391. The quantitative estimate of drug-likeness (QED) is 0.846. The minimum Gasteiger partial charge on any atom is -0.368 e. The van der Waals surface area contributed by atoms with Gasteiger partial charge in [-0.2, -0.15) is 0 Å². The minimum atomic E-state index is -0.252. The Hall–Kier alpha value is -3.09. The van der Waals surface area contributed by atoms with Crippen LogP contribution in [0.15, 0.2) is 42.5 Å². The molecule has 0 spiro atoms. The number of carbonyl (C=O) groups is 2. The van der Waals surface area contributed by atoms with Crippen molar-refractivity contribution in [2.24, 2.45) is 0 Å². The van der Waals surface area contributed by atoms with E-state index in [0.29, 0.717) is 39.1 Å². The van der Waals surface area contributed by atoms with Crippen LogP contribution in [0.5, 0.6) is 0 Å². The third-order valence-corrected chi connectivity index (χ3v) is 6.01. The summed E-state index contributed by atoms with van der Waals surface area (Å²) in [6.07, 6.45) is 0.314. The predicted octanol–water partition coefficient (Wildman–Crippen LogP) is 3.08. The highest BCUT2D eigenvalue weighted by atomic mass is 19.1. The predicted molar refractivity (Wildman–Crippen MR) is 115 cm³/mol. The molecule has 2 heterocycles. The molecule has 2 aromatic carbocycles. The molecule has 2 fully saturated rings. The van der Waals surface area contributed by atoms with Crippen molar-refractivity contribution in [3.05, 3.63) is 59.4 Å². The average Bonchev–Trinajstić information content (AvgIpc) is 3.10. The van der Waals surface area contributed by atoms with E-state index in [1.54, 1.807) is 21.9 Å². The molecule has 7 heteroatoms. The van der Waals surface area contributed by atoms with E-state index in [9.17, 15) is 14.0 Å². The molecule has 0 aromatic heterocycles. The van der Waals surface area contributed by atoms with Crippen LogP contribution in [0, 0.1) is 19.7 Å². The third kappa shape index (κ3) is 4.25. The Morgan fingerprint density at radius 1 is 0.967 bits per heavy atom. The Morgan fingerprint density at radius 2 is 1.63 bits per heavy atom. The molecule has 2 aliphatic heterocycles. The van der Waals surface area contributed by atoms with Crippen LogP contribution in [0.1, 0.15) is 17.5 Å². The summed E-state index contributed by atoms with van der Waals surface area (Å²) in [5.74, 6) is -0.220. The van der Waals surface area contributed by atoms with Gasteiger partial charge in [0.15, 0.2) is 0 Å². The molecule has 4 rings (SSSR count). The lowest BCUT2D eigenvalue weighted by Gasteiger charge is -2.36. The summed E-state index contributed by atoms with van der Waals surface area (Å²) in [7, 11) is 0. The normalized spacial score (nSPS) is 19.4. The van der Waals surface area contributed by atoms with Crippen LogP contribution in [-0.2, 0) is 4.79 Å². The number of amides is 3.